The lowest BCUT2D eigenvalue weighted by molar-refractivity contribution is 0.304. The van der Waals surface area contributed by atoms with Crippen LogP contribution in [0.5, 0.6) is 17.5 Å². The Kier molecular flexibility index (Phi) is 9.41. The summed E-state index contributed by atoms with van der Waals surface area (Å²) in [5.74, 6) is 0.372. The van der Waals surface area contributed by atoms with Crippen molar-refractivity contribution in [1.82, 2.24) is 19.1 Å². The lowest BCUT2D eigenvalue weighted by atomic mass is 9.86. The van der Waals surface area contributed by atoms with Crippen molar-refractivity contribution in [2.45, 2.75) is 87.6 Å². The molecule has 0 saturated heterocycles. The second-order valence-electron chi connectivity index (χ2n) is 10.2. The summed E-state index contributed by atoms with van der Waals surface area (Å²) < 4.78 is 9.03. The minimum absolute atomic E-state index is 0.0368. The Labute approximate surface area is 242 Å². The monoisotopic (exact) mass is 584 g/mol. The van der Waals surface area contributed by atoms with Crippen molar-refractivity contribution in [2.75, 3.05) is 18.1 Å². The van der Waals surface area contributed by atoms with Crippen LogP contribution in [0.25, 0.3) is 0 Å². The quantitative estimate of drug-likeness (QED) is 0.234. The summed E-state index contributed by atoms with van der Waals surface area (Å²) >= 11 is 2.83. The highest BCUT2D eigenvalue weighted by Crippen LogP contribution is 2.38. The molecule has 2 aliphatic rings. The molecule has 40 heavy (non-hydrogen) atoms. The maximum Gasteiger partial charge on any atom is 0.262 e. The van der Waals surface area contributed by atoms with Crippen molar-refractivity contribution in [2.24, 2.45) is 0 Å². The van der Waals surface area contributed by atoms with Gasteiger partial charge in [0.15, 0.2) is 10.3 Å². The largest absolute Gasteiger partial charge is 0.494 e. The van der Waals surface area contributed by atoms with Crippen LogP contribution >= 0.6 is 23.5 Å². The summed E-state index contributed by atoms with van der Waals surface area (Å²) in [6.45, 7) is 3.76. The fourth-order valence-electron chi connectivity index (χ4n) is 5.28. The average molecular weight is 585 g/mol. The van der Waals surface area contributed by atoms with Crippen molar-refractivity contribution in [1.29, 1.82) is 0 Å². The molecule has 0 amide bonds. The van der Waals surface area contributed by atoms with E-state index >= 15 is 0 Å². The van der Waals surface area contributed by atoms with Crippen LogP contribution in [0.2, 0.25) is 0 Å². The molecule has 0 atom stereocenters. The number of ether oxygens (including phenoxy) is 1. The van der Waals surface area contributed by atoms with E-state index < -0.39 is 28.8 Å². The Hall–Kier alpha value is -2.92. The summed E-state index contributed by atoms with van der Waals surface area (Å²) in [4.78, 5) is 36.2. The molecule has 214 valence electrons. The lowest BCUT2D eigenvalue weighted by Gasteiger charge is -2.24. The van der Waals surface area contributed by atoms with Gasteiger partial charge in [0.25, 0.3) is 11.1 Å². The minimum atomic E-state index is -1.05. The highest BCUT2D eigenvalue weighted by atomic mass is 32.2. The Morgan fingerprint density at radius 1 is 0.825 bits per heavy atom. The van der Waals surface area contributed by atoms with Gasteiger partial charge < -0.3 is 14.9 Å². The molecular formula is C29H36N4O5S2. The third-order valence-corrected chi connectivity index (χ3v) is 9.50. The van der Waals surface area contributed by atoms with Gasteiger partial charge in [-0.05, 0) is 37.0 Å². The van der Waals surface area contributed by atoms with Crippen LogP contribution in [-0.2, 0) is 13.1 Å². The van der Waals surface area contributed by atoms with Crippen LogP contribution in [0.1, 0.15) is 80.9 Å². The van der Waals surface area contributed by atoms with E-state index in [0.29, 0.717) is 41.3 Å². The molecule has 9 nitrogen and oxygen atoms in total. The second-order valence-corrected chi connectivity index (χ2v) is 12.3. The van der Waals surface area contributed by atoms with Gasteiger partial charge in [0.05, 0.1) is 23.7 Å². The van der Waals surface area contributed by atoms with E-state index in [9.17, 15) is 19.8 Å². The van der Waals surface area contributed by atoms with Crippen LogP contribution in [0.15, 0.2) is 44.2 Å². The molecule has 1 aromatic carbocycles. The molecule has 0 fully saturated rings. The highest BCUT2D eigenvalue weighted by Gasteiger charge is 2.34. The standard InChI is InChI=1S/C29H36N4O5S2/c1-2-3-4-5-6-7-16-38-20-12-10-19(11-13-20)21(22-24(34)30-28-32(26(22)36)14-8-17-39-28)23-25(35)31-29-33(27(23)37)15-9-18-40-29/h10-13,21,34-35H,2-9,14-18H2,1H3. The molecule has 2 aromatic heterocycles. The number of fused-ring (bicyclic) bond motifs is 2. The number of hydrogen-bond acceptors (Lipinski definition) is 9. The Balaban J connectivity index is 1.51. The summed E-state index contributed by atoms with van der Waals surface area (Å²) in [5, 5.41) is 23.0. The van der Waals surface area contributed by atoms with Gasteiger partial charge in [0.2, 0.25) is 11.8 Å². The van der Waals surface area contributed by atoms with Crippen LogP contribution in [0, 0.1) is 0 Å². The van der Waals surface area contributed by atoms with Crippen LogP contribution in [-0.4, -0.2) is 47.4 Å². The van der Waals surface area contributed by atoms with E-state index in [1.807, 2.05) is 0 Å². The first-order chi connectivity index (χ1) is 19.5. The van der Waals surface area contributed by atoms with E-state index in [1.54, 1.807) is 33.4 Å². The average Bonchev–Trinajstić information content (AvgIpc) is 2.96. The van der Waals surface area contributed by atoms with Gasteiger partial charge in [0.1, 0.15) is 5.75 Å². The smallest absolute Gasteiger partial charge is 0.262 e. The predicted octanol–water partition coefficient (Wildman–Crippen LogP) is 5.12. The number of aromatic nitrogens is 4. The Morgan fingerprint density at radius 2 is 1.35 bits per heavy atom. The number of unbranched alkanes of at least 4 members (excludes halogenated alkanes) is 5. The molecule has 2 N–H and O–H groups in total. The van der Waals surface area contributed by atoms with Crippen LogP contribution in [0.4, 0.5) is 0 Å². The SMILES string of the molecule is CCCCCCCCOc1ccc(C(c2c(O)nc3n(c2=O)CCCS3)c2c(O)nc3n(c2=O)CCCS3)cc1. The van der Waals surface area contributed by atoms with Gasteiger partial charge >= 0.3 is 0 Å². The fourth-order valence-corrected chi connectivity index (χ4v) is 7.15. The topological polar surface area (TPSA) is 119 Å². The third kappa shape index (κ3) is 6.05. The van der Waals surface area contributed by atoms with Crippen molar-refractivity contribution in [3.05, 3.63) is 61.7 Å². The zero-order valence-corrected chi connectivity index (χ0v) is 24.4. The number of nitrogens with zero attached hydrogens (tertiary/aromatic N) is 4. The summed E-state index contributed by atoms with van der Waals surface area (Å²) in [6, 6.07) is 7.14. The van der Waals surface area contributed by atoms with Crippen molar-refractivity contribution in [3.63, 3.8) is 0 Å². The van der Waals surface area contributed by atoms with E-state index in [4.69, 9.17) is 4.74 Å². The van der Waals surface area contributed by atoms with Gasteiger partial charge in [0, 0.05) is 24.6 Å². The zero-order valence-electron chi connectivity index (χ0n) is 22.8. The number of hydrogen-bond donors (Lipinski definition) is 2. The van der Waals surface area contributed by atoms with Crippen molar-refractivity contribution in [3.8, 4) is 17.5 Å². The van der Waals surface area contributed by atoms with E-state index in [2.05, 4.69) is 16.9 Å². The molecule has 2 aliphatic heterocycles. The molecule has 0 bridgehead atoms. The number of thioether (sulfide) groups is 2. The zero-order chi connectivity index (χ0) is 28.1. The van der Waals surface area contributed by atoms with E-state index in [-0.39, 0.29) is 11.1 Å². The third-order valence-electron chi connectivity index (χ3n) is 7.37. The number of rotatable bonds is 11. The van der Waals surface area contributed by atoms with Crippen LogP contribution in [0.3, 0.4) is 0 Å². The van der Waals surface area contributed by atoms with Gasteiger partial charge in [-0.25, -0.2) is 0 Å². The second kappa shape index (κ2) is 13.2. The molecule has 0 aliphatic carbocycles. The molecule has 5 rings (SSSR count). The molecular weight excluding hydrogens is 548 g/mol. The first-order valence-electron chi connectivity index (χ1n) is 14.1. The number of aromatic hydroxyl groups is 2. The molecule has 0 saturated carbocycles. The van der Waals surface area contributed by atoms with E-state index in [0.717, 1.165) is 37.2 Å². The highest BCUT2D eigenvalue weighted by molar-refractivity contribution is 7.99. The summed E-state index contributed by atoms with van der Waals surface area (Å²) in [6.07, 6.45) is 8.63. The van der Waals surface area contributed by atoms with Crippen molar-refractivity contribution < 1.29 is 14.9 Å². The van der Waals surface area contributed by atoms with E-state index in [1.165, 1.54) is 49.2 Å². The van der Waals surface area contributed by atoms with Gasteiger partial charge in [-0.15, -0.1) is 0 Å². The lowest BCUT2D eigenvalue weighted by Crippen LogP contribution is -2.35. The maximum atomic E-state index is 13.8. The fraction of sp³-hybridized carbons (Fsp3) is 0.517. The normalized spacial score (nSPS) is 14.7. The van der Waals surface area contributed by atoms with Gasteiger partial charge in [-0.2, -0.15) is 9.97 Å². The van der Waals surface area contributed by atoms with Gasteiger partial charge in [-0.1, -0.05) is 74.7 Å². The molecule has 0 spiro atoms. The predicted molar refractivity (Wildman–Crippen MR) is 157 cm³/mol. The van der Waals surface area contributed by atoms with Gasteiger partial charge in [-0.3, -0.25) is 18.7 Å². The first kappa shape index (κ1) is 28.6. The number of benzene rings is 1. The Bertz CT molecular complexity index is 1380. The molecule has 0 unspecified atom stereocenters. The molecule has 0 radical (unpaired) electrons. The molecule has 3 aromatic rings. The first-order valence-corrected chi connectivity index (χ1v) is 16.1. The summed E-state index contributed by atoms with van der Waals surface area (Å²) in [7, 11) is 0. The summed E-state index contributed by atoms with van der Waals surface area (Å²) in [5.41, 5.74) is -0.350. The maximum absolute atomic E-state index is 13.8. The molecule has 11 heteroatoms. The minimum Gasteiger partial charge on any atom is -0.494 e. The Morgan fingerprint density at radius 3 is 1.90 bits per heavy atom. The van der Waals surface area contributed by atoms with Crippen molar-refractivity contribution >= 4 is 23.5 Å². The molecule has 4 heterocycles. The van der Waals surface area contributed by atoms with Crippen LogP contribution < -0.4 is 15.9 Å².